The number of nitrogens with zero attached hydrogens (tertiary/aromatic N) is 2. The molecule has 0 radical (unpaired) electrons. The molecule has 2 unspecified atom stereocenters. The molecule has 0 aromatic heterocycles. The molecule has 0 N–H and O–H groups in total. The van der Waals surface area contributed by atoms with E-state index in [1.807, 2.05) is 48.5 Å². The standard InChI is InChI=1S/C22H15Br2ClN2O/c23-15-3-1-2-14(10-15)22-27-20(18-11-16(24)6-9-21(18)28-22)12-19(26-27)13-4-7-17(25)8-5-13/h1-11,20,22H,12H2. The van der Waals surface area contributed by atoms with Crippen LogP contribution in [0.3, 0.4) is 0 Å². The fourth-order valence-electron chi connectivity index (χ4n) is 3.76. The zero-order valence-corrected chi connectivity index (χ0v) is 18.6. The normalized spacial score (nSPS) is 20.2. The summed E-state index contributed by atoms with van der Waals surface area (Å²) in [4.78, 5) is 0. The van der Waals surface area contributed by atoms with Gasteiger partial charge in [-0.1, -0.05) is 67.7 Å². The molecule has 0 aliphatic carbocycles. The summed E-state index contributed by atoms with van der Waals surface area (Å²) >= 11 is 13.2. The summed E-state index contributed by atoms with van der Waals surface area (Å²) in [5.74, 6) is 0.905. The topological polar surface area (TPSA) is 24.8 Å². The van der Waals surface area contributed by atoms with E-state index in [0.717, 1.165) is 48.5 Å². The third-order valence-corrected chi connectivity index (χ3v) is 6.30. The Balaban J connectivity index is 1.61. The van der Waals surface area contributed by atoms with Gasteiger partial charge in [0.1, 0.15) is 5.75 Å². The van der Waals surface area contributed by atoms with Crippen molar-refractivity contribution in [2.24, 2.45) is 5.10 Å². The van der Waals surface area contributed by atoms with Gasteiger partial charge in [-0.05, 0) is 48.0 Å². The number of hydrazone groups is 1. The van der Waals surface area contributed by atoms with E-state index in [2.05, 4.69) is 55.1 Å². The second kappa shape index (κ2) is 7.21. The van der Waals surface area contributed by atoms with Gasteiger partial charge in [-0.3, -0.25) is 0 Å². The summed E-state index contributed by atoms with van der Waals surface area (Å²) < 4.78 is 8.46. The van der Waals surface area contributed by atoms with E-state index in [9.17, 15) is 0 Å². The summed E-state index contributed by atoms with van der Waals surface area (Å²) in [6.45, 7) is 0. The number of hydrogen-bond donors (Lipinski definition) is 0. The molecule has 0 bridgehead atoms. The summed E-state index contributed by atoms with van der Waals surface area (Å²) in [5.41, 5.74) is 4.34. The largest absolute Gasteiger partial charge is 0.464 e. The fraction of sp³-hybridized carbons (Fsp3) is 0.136. The van der Waals surface area contributed by atoms with Crippen molar-refractivity contribution in [3.05, 3.63) is 97.4 Å². The molecule has 28 heavy (non-hydrogen) atoms. The first-order chi connectivity index (χ1) is 13.6. The van der Waals surface area contributed by atoms with Crippen molar-refractivity contribution in [1.29, 1.82) is 0 Å². The number of ether oxygens (including phenoxy) is 1. The smallest absolute Gasteiger partial charge is 0.213 e. The van der Waals surface area contributed by atoms with Crippen LogP contribution in [0.1, 0.15) is 35.4 Å². The molecule has 2 heterocycles. The van der Waals surface area contributed by atoms with Crippen LogP contribution in [0.4, 0.5) is 0 Å². The lowest BCUT2D eigenvalue weighted by Gasteiger charge is -2.38. The van der Waals surface area contributed by atoms with Crippen molar-refractivity contribution >= 4 is 49.2 Å². The van der Waals surface area contributed by atoms with Gasteiger partial charge in [0.05, 0.1) is 11.8 Å². The van der Waals surface area contributed by atoms with Crippen molar-refractivity contribution in [2.45, 2.75) is 18.7 Å². The molecule has 0 saturated carbocycles. The van der Waals surface area contributed by atoms with Gasteiger partial charge >= 0.3 is 0 Å². The maximum absolute atomic E-state index is 6.40. The zero-order chi connectivity index (χ0) is 19.3. The molecule has 0 fully saturated rings. The molecule has 2 aliphatic heterocycles. The number of halogens is 3. The third-order valence-electron chi connectivity index (χ3n) is 5.06. The molecule has 0 spiro atoms. The summed E-state index contributed by atoms with van der Waals surface area (Å²) in [5, 5.41) is 7.79. The van der Waals surface area contributed by atoms with E-state index in [0.29, 0.717) is 0 Å². The average Bonchev–Trinajstić information content (AvgIpc) is 3.14. The predicted octanol–water partition coefficient (Wildman–Crippen LogP) is 7.11. The molecule has 3 aromatic carbocycles. The Morgan fingerprint density at radius 1 is 0.964 bits per heavy atom. The van der Waals surface area contributed by atoms with Crippen LogP contribution in [0.5, 0.6) is 5.75 Å². The highest BCUT2D eigenvalue weighted by Crippen LogP contribution is 2.48. The molecule has 2 aliphatic rings. The lowest BCUT2D eigenvalue weighted by molar-refractivity contribution is -0.0191. The number of hydrogen-bond acceptors (Lipinski definition) is 3. The van der Waals surface area contributed by atoms with Gasteiger partial charge in [0.25, 0.3) is 0 Å². The van der Waals surface area contributed by atoms with E-state index in [-0.39, 0.29) is 12.3 Å². The Labute approximate surface area is 185 Å². The lowest BCUT2D eigenvalue weighted by Crippen LogP contribution is -2.33. The third kappa shape index (κ3) is 3.25. The zero-order valence-electron chi connectivity index (χ0n) is 14.6. The van der Waals surface area contributed by atoms with Crippen LogP contribution < -0.4 is 4.74 Å². The van der Waals surface area contributed by atoms with Crippen molar-refractivity contribution in [1.82, 2.24) is 5.01 Å². The highest BCUT2D eigenvalue weighted by molar-refractivity contribution is 9.10. The number of rotatable bonds is 2. The van der Waals surface area contributed by atoms with Crippen LogP contribution in [0, 0.1) is 0 Å². The second-order valence-corrected chi connectivity index (χ2v) is 9.13. The Bertz CT molecular complexity index is 1080. The molecule has 0 amide bonds. The second-order valence-electron chi connectivity index (χ2n) is 6.86. The van der Waals surface area contributed by atoms with Gasteiger partial charge in [-0.15, -0.1) is 0 Å². The van der Waals surface area contributed by atoms with Crippen LogP contribution >= 0.6 is 43.5 Å². The quantitative estimate of drug-likeness (QED) is 0.361. The fourth-order valence-corrected chi connectivity index (χ4v) is 4.68. The van der Waals surface area contributed by atoms with E-state index < -0.39 is 0 Å². The average molecular weight is 519 g/mol. The van der Waals surface area contributed by atoms with Crippen LogP contribution in [0.2, 0.25) is 5.02 Å². The predicted molar refractivity (Wildman–Crippen MR) is 119 cm³/mol. The lowest BCUT2D eigenvalue weighted by atomic mass is 9.96. The molecular formula is C22H15Br2ClN2O. The first-order valence-electron chi connectivity index (χ1n) is 8.92. The first-order valence-corrected chi connectivity index (χ1v) is 10.9. The minimum atomic E-state index is -0.277. The van der Waals surface area contributed by atoms with E-state index >= 15 is 0 Å². The molecule has 140 valence electrons. The Morgan fingerprint density at radius 2 is 1.75 bits per heavy atom. The Hall–Kier alpha value is -1.82. The molecular weight excluding hydrogens is 504 g/mol. The number of benzene rings is 3. The van der Waals surface area contributed by atoms with Crippen LogP contribution in [0.25, 0.3) is 0 Å². The van der Waals surface area contributed by atoms with Gasteiger partial charge in [0.2, 0.25) is 6.23 Å². The molecule has 6 heteroatoms. The van der Waals surface area contributed by atoms with Gasteiger partial charge in [0.15, 0.2) is 0 Å². The van der Waals surface area contributed by atoms with E-state index in [1.54, 1.807) is 0 Å². The Kier molecular flexibility index (Phi) is 4.69. The summed E-state index contributed by atoms with van der Waals surface area (Å²) in [6.07, 6.45) is 0.542. The minimum Gasteiger partial charge on any atom is -0.464 e. The highest BCUT2D eigenvalue weighted by Gasteiger charge is 2.41. The van der Waals surface area contributed by atoms with Gasteiger partial charge in [-0.25, -0.2) is 5.01 Å². The van der Waals surface area contributed by atoms with Crippen LogP contribution in [-0.2, 0) is 0 Å². The molecule has 2 atom stereocenters. The SMILES string of the molecule is Clc1ccc(C2=NN3C(C2)c2cc(Br)ccc2OC3c2cccc(Br)c2)cc1. The van der Waals surface area contributed by atoms with Crippen molar-refractivity contribution in [2.75, 3.05) is 0 Å². The van der Waals surface area contributed by atoms with Gasteiger partial charge in [-0.2, -0.15) is 5.10 Å². The van der Waals surface area contributed by atoms with Crippen LogP contribution in [-0.4, -0.2) is 10.7 Å². The van der Waals surface area contributed by atoms with E-state index in [1.165, 1.54) is 0 Å². The van der Waals surface area contributed by atoms with Crippen molar-refractivity contribution in [3.8, 4) is 5.75 Å². The number of fused-ring (bicyclic) bond motifs is 3. The molecule has 0 saturated heterocycles. The van der Waals surface area contributed by atoms with Gasteiger partial charge < -0.3 is 4.74 Å². The molecule has 5 rings (SSSR count). The minimum absolute atomic E-state index is 0.121. The van der Waals surface area contributed by atoms with Gasteiger partial charge in [0, 0.05) is 31.5 Å². The maximum atomic E-state index is 6.40. The summed E-state index contributed by atoms with van der Waals surface area (Å²) in [6, 6.07) is 22.4. The molecule has 3 nitrogen and oxygen atoms in total. The van der Waals surface area contributed by atoms with E-state index in [4.69, 9.17) is 21.4 Å². The van der Waals surface area contributed by atoms with Crippen molar-refractivity contribution in [3.63, 3.8) is 0 Å². The maximum Gasteiger partial charge on any atom is 0.213 e. The summed E-state index contributed by atoms with van der Waals surface area (Å²) in [7, 11) is 0. The monoisotopic (exact) mass is 516 g/mol. The Morgan fingerprint density at radius 3 is 2.54 bits per heavy atom. The molecule has 3 aromatic rings. The van der Waals surface area contributed by atoms with Crippen LogP contribution in [0.15, 0.2) is 80.8 Å². The highest BCUT2D eigenvalue weighted by atomic mass is 79.9. The first kappa shape index (κ1) is 18.2. The van der Waals surface area contributed by atoms with Crippen molar-refractivity contribution < 1.29 is 4.74 Å².